The maximum absolute atomic E-state index is 12.1. The number of hydrogen-bond acceptors (Lipinski definition) is 9. The summed E-state index contributed by atoms with van der Waals surface area (Å²) in [7, 11) is -1.52. The number of hydrogen-bond donors (Lipinski definition) is 7. The Labute approximate surface area is 179 Å². The van der Waals surface area contributed by atoms with Crippen molar-refractivity contribution in [2.45, 2.75) is 36.7 Å². The number of aliphatic hydroxyl groups excluding tert-OH is 1. The van der Waals surface area contributed by atoms with E-state index in [4.69, 9.17) is 15.6 Å². The van der Waals surface area contributed by atoms with Crippen LogP contribution in [0.4, 0.5) is 0 Å². The fourth-order valence-electron chi connectivity index (χ4n) is 3.91. The number of carbonyl (C=O) groups excluding carboxylic acids is 1. The molecule has 1 saturated heterocycles. The van der Waals surface area contributed by atoms with E-state index in [0.29, 0.717) is 25.1 Å². The monoisotopic (exact) mass is 437 g/mol. The first-order valence-corrected chi connectivity index (χ1v) is 10.1. The van der Waals surface area contributed by atoms with Gasteiger partial charge in [0.05, 0.1) is 6.61 Å². The lowest BCUT2D eigenvalue weighted by molar-refractivity contribution is -0.127. The number of likely N-dealkylation sites (tertiary alicyclic amines) is 1. The average molecular weight is 437 g/mol. The Morgan fingerprint density at radius 3 is 2.58 bits per heavy atom. The number of aromatic carboxylic acids is 1. The number of carbonyl (C=O) groups is 2. The number of rotatable bonds is 10. The molecule has 1 heterocycles. The van der Waals surface area contributed by atoms with Crippen molar-refractivity contribution in [2.75, 3.05) is 32.8 Å². The molecule has 11 nitrogen and oxygen atoms in total. The first kappa shape index (κ1) is 23.3. The number of benzene rings is 1. The van der Waals surface area contributed by atoms with Crippen molar-refractivity contribution < 1.29 is 39.7 Å². The Morgan fingerprint density at radius 2 is 2.03 bits per heavy atom. The van der Waals surface area contributed by atoms with Crippen molar-refractivity contribution >= 4 is 19.0 Å². The lowest BCUT2D eigenvalue weighted by Crippen LogP contribution is -2.64. The van der Waals surface area contributed by atoms with Gasteiger partial charge in [0.2, 0.25) is 5.91 Å². The van der Waals surface area contributed by atoms with Gasteiger partial charge in [-0.05, 0) is 30.9 Å². The molecule has 0 aromatic heterocycles. The van der Waals surface area contributed by atoms with E-state index < -0.39 is 30.2 Å². The largest absolute Gasteiger partial charge is 0.507 e. The standard InChI is InChI=1S/C19H28BN3O8/c1-19(21,18(28)22-4-5-24)9-23-7-10(8-23)31-14-3-2-11(12-6-13(12)20(29)30)16(25)15(14)17(26)27/h2-3,10,12-13,24-25,29-30H,4-9,21H2,1H3,(H,22,28)(H,26,27)/t12?,13-,19?/m1/s1. The summed E-state index contributed by atoms with van der Waals surface area (Å²) in [5.74, 6) is -2.88. The van der Waals surface area contributed by atoms with Gasteiger partial charge in [-0.2, -0.15) is 0 Å². The van der Waals surface area contributed by atoms with Crippen LogP contribution in [0.2, 0.25) is 5.82 Å². The molecule has 3 rings (SSSR count). The molecule has 8 N–H and O–H groups in total. The van der Waals surface area contributed by atoms with E-state index >= 15 is 0 Å². The highest BCUT2D eigenvalue weighted by Crippen LogP contribution is 2.56. The molecule has 1 aromatic rings. The zero-order chi connectivity index (χ0) is 22.9. The third-order valence-corrected chi connectivity index (χ3v) is 5.69. The van der Waals surface area contributed by atoms with Gasteiger partial charge in [-0.1, -0.05) is 6.07 Å². The quantitative estimate of drug-likeness (QED) is 0.208. The van der Waals surface area contributed by atoms with Gasteiger partial charge >= 0.3 is 13.1 Å². The maximum atomic E-state index is 12.1. The molecule has 0 bridgehead atoms. The zero-order valence-corrected chi connectivity index (χ0v) is 17.2. The Hall–Kier alpha value is -2.38. The van der Waals surface area contributed by atoms with Crippen LogP contribution >= 0.6 is 0 Å². The van der Waals surface area contributed by atoms with Crippen LogP contribution in [0.15, 0.2) is 12.1 Å². The van der Waals surface area contributed by atoms with Crippen molar-refractivity contribution in [2.24, 2.45) is 5.73 Å². The molecule has 2 unspecified atom stereocenters. The molecular weight excluding hydrogens is 409 g/mol. The number of nitrogens with zero attached hydrogens (tertiary/aromatic N) is 1. The van der Waals surface area contributed by atoms with Gasteiger partial charge in [0.1, 0.15) is 28.7 Å². The van der Waals surface area contributed by atoms with E-state index in [9.17, 15) is 29.9 Å². The van der Waals surface area contributed by atoms with Gasteiger partial charge in [-0.25, -0.2) is 4.79 Å². The average Bonchev–Trinajstić information content (AvgIpc) is 3.44. The summed E-state index contributed by atoms with van der Waals surface area (Å²) >= 11 is 0. The van der Waals surface area contributed by atoms with Gasteiger partial charge in [0, 0.05) is 32.0 Å². The smallest absolute Gasteiger partial charge is 0.455 e. The minimum absolute atomic E-state index is 0.0244. The second kappa shape index (κ2) is 9.01. The van der Waals surface area contributed by atoms with E-state index in [1.54, 1.807) is 13.0 Å². The predicted molar refractivity (Wildman–Crippen MR) is 110 cm³/mol. The summed E-state index contributed by atoms with van der Waals surface area (Å²) in [5.41, 5.74) is 4.88. The molecule has 3 atom stereocenters. The van der Waals surface area contributed by atoms with Crippen molar-refractivity contribution in [3.8, 4) is 11.5 Å². The maximum Gasteiger partial charge on any atom is 0.455 e. The minimum Gasteiger partial charge on any atom is -0.507 e. The molecule has 2 aliphatic rings. The van der Waals surface area contributed by atoms with Gasteiger partial charge in [0.25, 0.3) is 0 Å². The lowest BCUT2D eigenvalue weighted by Gasteiger charge is -2.42. The number of nitrogens with one attached hydrogen (secondary N) is 1. The lowest BCUT2D eigenvalue weighted by atomic mass is 9.81. The molecule has 31 heavy (non-hydrogen) atoms. The third kappa shape index (κ3) is 5.10. The number of carboxylic acid groups (broad SMARTS) is 1. The highest BCUT2D eigenvalue weighted by Gasteiger charge is 2.48. The first-order chi connectivity index (χ1) is 14.5. The predicted octanol–water partition coefficient (Wildman–Crippen LogP) is -1.69. The summed E-state index contributed by atoms with van der Waals surface area (Å²) in [6.07, 6.45) is 0.110. The normalized spacial score (nSPS) is 22.9. The van der Waals surface area contributed by atoms with Crippen LogP contribution in [0.3, 0.4) is 0 Å². The first-order valence-electron chi connectivity index (χ1n) is 10.1. The van der Waals surface area contributed by atoms with Crippen LogP contribution in [-0.2, 0) is 4.79 Å². The second-order valence-corrected chi connectivity index (χ2v) is 8.43. The van der Waals surface area contributed by atoms with Crippen LogP contribution in [-0.4, -0.2) is 93.7 Å². The van der Waals surface area contributed by atoms with E-state index in [1.165, 1.54) is 6.07 Å². The molecule has 170 valence electrons. The van der Waals surface area contributed by atoms with Gasteiger partial charge < -0.3 is 41.2 Å². The SMILES string of the molecule is CC(N)(CN1CC(Oc2ccc(C3C[C@H]3B(O)O)c(O)c2C(=O)O)C1)C(=O)NCCO. The zero-order valence-electron chi connectivity index (χ0n) is 17.2. The number of nitrogens with two attached hydrogens (primary N) is 1. The molecule has 1 saturated carbocycles. The molecule has 1 aliphatic carbocycles. The molecule has 1 aromatic carbocycles. The number of amides is 1. The Bertz CT molecular complexity index is 844. The van der Waals surface area contributed by atoms with Crippen LogP contribution < -0.4 is 15.8 Å². The Morgan fingerprint density at radius 1 is 1.35 bits per heavy atom. The summed E-state index contributed by atoms with van der Waals surface area (Å²) < 4.78 is 5.77. The molecule has 12 heteroatoms. The Balaban J connectivity index is 1.61. The highest BCUT2D eigenvalue weighted by molar-refractivity contribution is 6.44. The molecule has 2 fully saturated rings. The number of phenols is 1. The fraction of sp³-hybridized carbons (Fsp3) is 0.579. The van der Waals surface area contributed by atoms with E-state index in [0.717, 1.165) is 0 Å². The van der Waals surface area contributed by atoms with E-state index in [2.05, 4.69) is 5.32 Å². The van der Waals surface area contributed by atoms with E-state index in [-0.39, 0.29) is 48.9 Å². The third-order valence-electron chi connectivity index (χ3n) is 5.69. The molecule has 0 spiro atoms. The van der Waals surface area contributed by atoms with Crippen LogP contribution in [0.5, 0.6) is 11.5 Å². The van der Waals surface area contributed by atoms with Crippen LogP contribution in [0.1, 0.15) is 35.2 Å². The molecular formula is C19H28BN3O8. The number of aliphatic hydroxyl groups is 1. The summed E-state index contributed by atoms with van der Waals surface area (Å²) in [6, 6.07) is 3.01. The van der Waals surface area contributed by atoms with Crippen molar-refractivity contribution in [1.82, 2.24) is 10.2 Å². The van der Waals surface area contributed by atoms with Crippen molar-refractivity contribution in [3.05, 3.63) is 23.3 Å². The topological polar surface area (TPSA) is 186 Å². The van der Waals surface area contributed by atoms with Gasteiger partial charge in [-0.3, -0.25) is 9.69 Å². The van der Waals surface area contributed by atoms with Gasteiger partial charge in [-0.15, -0.1) is 0 Å². The fourth-order valence-corrected chi connectivity index (χ4v) is 3.91. The minimum atomic E-state index is -1.52. The van der Waals surface area contributed by atoms with Crippen molar-refractivity contribution in [1.29, 1.82) is 0 Å². The van der Waals surface area contributed by atoms with Crippen molar-refractivity contribution in [3.63, 3.8) is 0 Å². The summed E-state index contributed by atoms with van der Waals surface area (Å²) in [4.78, 5) is 25.7. The van der Waals surface area contributed by atoms with Gasteiger partial charge in [0.15, 0.2) is 0 Å². The van der Waals surface area contributed by atoms with E-state index in [1.807, 2.05) is 4.90 Å². The highest BCUT2D eigenvalue weighted by atomic mass is 16.5. The Kier molecular flexibility index (Phi) is 6.77. The summed E-state index contributed by atoms with van der Waals surface area (Å²) in [5, 5.41) is 49.9. The van der Waals surface area contributed by atoms with Crippen LogP contribution in [0, 0.1) is 0 Å². The molecule has 0 radical (unpaired) electrons. The van der Waals surface area contributed by atoms with Crippen LogP contribution in [0.25, 0.3) is 0 Å². The number of aromatic hydroxyl groups is 1. The molecule has 1 aliphatic heterocycles. The number of ether oxygens (including phenoxy) is 1. The number of carboxylic acids is 1. The summed E-state index contributed by atoms with van der Waals surface area (Å²) in [6.45, 7) is 2.62. The molecule has 1 amide bonds. The second-order valence-electron chi connectivity index (χ2n) is 8.43.